The summed E-state index contributed by atoms with van der Waals surface area (Å²) in [4.78, 5) is 16.6. The second-order valence-electron chi connectivity index (χ2n) is 6.36. The highest BCUT2D eigenvalue weighted by molar-refractivity contribution is 5.95. The summed E-state index contributed by atoms with van der Waals surface area (Å²) in [6.07, 6.45) is -6.83. The molecular weight excluding hydrogens is 387 g/mol. The quantitative estimate of drug-likeness (QED) is 0.273. The van der Waals surface area contributed by atoms with Crippen LogP contribution in [0.3, 0.4) is 0 Å². The van der Waals surface area contributed by atoms with Crippen LogP contribution in [0.1, 0.15) is 46.6 Å². The maximum Gasteiger partial charge on any atom is 0.416 e. The summed E-state index contributed by atoms with van der Waals surface area (Å²) in [5.41, 5.74) is 2.82. The summed E-state index contributed by atoms with van der Waals surface area (Å²) in [7, 11) is 1.23. The van der Waals surface area contributed by atoms with Crippen molar-refractivity contribution in [1.82, 2.24) is 9.78 Å². The highest BCUT2D eigenvalue weighted by Crippen LogP contribution is 2.52. The Labute approximate surface area is 155 Å². The molecule has 0 bridgehead atoms. The van der Waals surface area contributed by atoms with E-state index >= 15 is 0 Å². The molecule has 11 heteroatoms. The summed E-state index contributed by atoms with van der Waals surface area (Å²) >= 11 is 0. The summed E-state index contributed by atoms with van der Waals surface area (Å²) < 4.78 is 66.1. The van der Waals surface area contributed by atoms with Gasteiger partial charge >= 0.3 is 12.1 Å². The normalized spacial score (nSPS) is 16.3. The smallest absolute Gasteiger partial charge is 0.384 e. The number of oxime groups is 1. The number of carbonyl (C=O) groups excluding carboxylic acids is 1. The predicted octanol–water partition coefficient (Wildman–Crippen LogP) is 3.54. The fourth-order valence-corrected chi connectivity index (χ4v) is 2.95. The van der Waals surface area contributed by atoms with Gasteiger partial charge in [0.25, 0.3) is 6.43 Å². The van der Waals surface area contributed by atoms with Gasteiger partial charge in [-0.1, -0.05) is 23.4 Å². The van der Waals surface area contributed by atoms with Crippen molar-refractivity contribution in [3.63, 3.8) is 0 Å². The SMILES string of the molecule is Cn1nc(C(=O)O/N=C(\N)C2(c3ccccc3C(F)(F)F)CC2)cc1C(F)F. The van der Waals surface area contributed by atoms with Gasteiger partial charge in [0.1, 0.15) is 5.69 Å². The van der Waals surface area contributed by atoms with Crippen molar-refractivity contribution in [1.29, 1.82) is 0 Å². The number of aryl methyl sites for hydroxylation is 1. The van der Waals surface area contributed by atoms with E-state index in [1.54, 1.807) is 0 Å². The van der Waals surface area contributed by atoms with Crippen LogP contribution >= 0.6 is 0 Å². The molecule has 6 nitrogen and oxygen atoms in total. The highest BCUT2D eigenvalue weighted by atomic mass is 19.4. The molecule has 1 heterocycles. The number of carbonyl (C=O) groups is 1. The van der Waals surface area contributed by atoms with Gasteiger partial charge in [0.05, 0.1) is 11.0 Å². The number of halogens is 5. The maximum atomic E-state index is 13.3. The van der Waals surface area contributed by atoms with Gasteiger partial charge in [-0.2, -0.15) is 18.3 Å². The molecule has 1 aromatic carbocycles. The Bertz CT molecular complexity index is 932. The molecule has 150 valence electrons. The summed E-state index contributed by atoms with van der Waals surface area (Å²) in [5, 5.41) is 7.05. The summed E-state index contributed by atoms with van der Waals surface area (Å²) in [5.74, 6) is -1.45. The number of nitrogens with two attached hydrogens (primary N) is 1. The van der Waals surface area contributed by atoms with Crippen molar-refractivity contribution in [2.24, 2.45) is 17.9 Å². The van der Waals surface area contributed by atoms with Crippen LogP contribution < -0.4 is 5.73 Å². The van der Waals surface area contributed by atoms with Crippen molar-refractivity contribution in [2.75, 3.05) is 0 Å². The van der Waals surface area contributed by atoms with Gasteiger partial charge in [-0.3, -0.25) is 4.68 Å². The molecule has 2 N–H and O–H groups in total. The first-order valence-electron chi connectivity index (χ1n) is 8.10. The van der Waals surface area contributed by atoms with Gasteiger partial charge in [-0.05, 0) is 24.5 Å². The number of hydrogen-bond acceptors (Lipinski definition) is 4. The van der Waals surface area contributed by atoms with E-state index in [0.29, 0.717) is 12.8 Å². The highest BCUT2D eigenvalue weighted by Gasteiger charge is 2.52. The number of amidine groups is 1. The Morgan fingerprint density at radius 2 is 1.96 bits per heavy atom. The van der Waals surface area contributed by atoms with Crippen LogP contribution in [0, 0.1) is 0 Å². The topological polar surface area (TPSA) is 82.5 Å². The lowest BCUT2D eigenvalue weighted by Gasteiger charge is -2.20. The zero-order valence-corrected chi connectivity index (χ0v) is 14.5. The predicted molar refractivity (Wildman–Crippen MR) is 87.6 cm³/mol. The summed E-state index contributed by atoms with van der Waals surface area (Å²) in [6.45, 7) is 0. The molecule has 0 aliphatic heterocycles. The van der Waals surface area contributed by atoms with Crippen LogP contribution in [0.25, 0.3) is 0 Å². The molecule has 1 fully saturated rings. The van der Waals surface area contributed by atoms with Gasteiger partial charge in [-0.25, -0.2) is 13.6 Å². The molecular formula is C17H15F5N4O2. The fraction of sp³-hybridized carbons (Fsp3) is 0.353. The van der Waals surface area contributed by atoms with Crippen molar-refractivity contribution in [3.8, 4) is 0 Å². The van der Waals surface area contributed by atoms with Crippen LogP contribution in [-0.2, 0) is 23.5 Å². The van der Waals surface area contributed by atoms with Crippen molar-refractivity contribution < 1.29 is 31.6 Å². The Hall–Kier alpha value is -2.98. The molecule has 0 radical (unpaired) electrons. The van der Waals surface area contributed by atoms with Crippen LogP contribution in [0.2, 0.25) is 0 Å². The van der Waals surface area contributed by atoms with Crippen LogP contribution in [0.5, 0.6) is 0 Å². The molecule has 1 aliphatic carbocycles. The molecule has 0 atom stereocenters. The number of rotatable bonds is 5. The van der Waals surface area contributed by atoms with Crippen molar-refractivity contribution in [3.05, 3.63) is 52.8 Å². The lowest BCUT2D eigenvalue weighted by Crippen LogP contribution is -2.31. The van der Waals surface area contributed by atoms with Crippen LogP contribution in [0.15, 0.2) is 35.5 Å². The Kier molecular flexibility index (Phi) is 4.86. The molecule has 1 saturated carbocycles. The van der Waals surface area contributed by atoms with Gasteiger partial charge < -0.3 is 10.6 Å². The van der Waals surface area contributed by atoms with Gasteiger partial charge in [0.2, 0.25) is 0 Å². The Balaban J connectivity index is 1.83. The second kappa shape index (κ2) is 6.88. The Morgan fingerprint density at radius 3 is 2.50 bits per heavy atom. The molecule has 0 spiro atoms. The lowest BCUT2D eigenvalue weighted by molar-refractivity contribution is -0.138. The van der Waals surface area contributed by atoms with Gasteiger partial charge in [0, 0.05) is 13.1 Å². The molecule has 1 aromatic heterocycles. The average molecular weight is 402 g/mol. The molecule has 2 aromatic rings. The van der Waals surface area contributed by atoms with E-state index < -0.39 is 40.9 Å². The van der Waals surface area contributed by atoms with Gasteiger partial charge in [-0.15, -0.1) is 0 Å². The second-order valence-corrected chi connectivity index (χ2v) is 6.36. The number of hydrogen-bond donors (Lipinski definition) is 1. The number of nitrogens with zero attached hydrogens (tertiary/aromatic N) is 3. The van der Waals surface area contributed by atoms with Gasteiger partial charge in [0.15, 0.2) is 11.5 Å². The molecule has 0 unspecified atom stereocenters. The van der Waals surface area contributed by atoms with Crippen molar-refractivity contribution in [2.45, 2.75) is 30.9 Å². The first-order valence-corrected chi connectivity index (χ1v) is 8.10. The van der Waals surface area contributed by atoms with E-state index in [4.69, 9.17) is 5.73 Å². The lowest BCUT2D eigenvalue weighted by atomic mass is 9.90. The minimum absolute atomic E-state index is 0.0578. The number of alkyl halides is 5. The number of aromatic nitrogens is 2. The van der Waals surface area contributed by atoms with E-state index in [-0.39, 0.29) is 11.4 Å². The largest absolute Gasteiger partial charge is 0.416 e. The standard InChI is InChI=1S/C17H15F5N4O2/c1-26-12(13(18)19)8-11(24-26)14(27)28-25-15(23)16(6-7-16)9-4-2-3-5-10(9)17(20,21)22/h2-5,8,13H,6-7H2,1H3,(H2,23,25). The van der Waals surface area contributed by atoms with E-state index in [1.807, 2.05) is 0 Å². The average Bonchev–Trinajstić information content (AvgIpc) is 3.35. The minimum Gasteiger partial charge on any atom is -0.384 e. The van der Waals surface area contributed by atoms with E-state index in [0.717, 1.165) is 16.8 Å². The monoisotopic (exact) mass is 402 g/mol. The third kappa shape index (κ3) is 3.56. The maximum absolute atomic E-state index is 13.3. The third-order valence-corrected chi connectivity index (χ3v) is 4.56. The summed E-state index contributed by atoms with van der Waals surface area (Å²) in [6, 6.07) is 5.79. The molecule has 1 aliphatic rings. The minimum atomic E-state index is -4.58. The molecule has 0 saturated heterocycles. The molecule has 0 amide bonds. The number of benzene rings is 1. The van der Waals surface area contributed by atoms with E-state index in [1.165, 1.54) is 25.2 Å². The van der Waals surface area contributed by atoms with Crippen molar-refractivity contribution >= 4 is 11.8 Å². The third-order valence-electron chi connectivity index (χ3n) is 4.56. The van der Waals surface area contributed by atoms with E-state index in [2.05, 4.69) is 15.1 Å². The first kappa shape index (κ1) is 19.8. The zero-order valence-electron chi connectivity index (χ0n) is 14.5. The first-order chi connectivity index (χ1) is 13.1. The van der Waals surface area contributed by atoms with Crippen LogP contribution in [-0.4, -0.2) is 21.6 Å². The van der Waals surface area contributed by atoms with E-state index in [9.17, 15) is 26.7 Å². The zero-order chi connectivity index (χ0) is 20.7. The van der Waals surface area contributed by atoms with Crippen LogP contribution in [0.4, 0.5) is 22.0 Å². The Morgan fingerprint density at radius 1 is 1.32 bits per heavy atom. The molecule has 28 heavy (non-hydrogen) atoms. The molecule has 3 rings (SSSR count). The fourth-order valence-electron chi connectivity index (χ4n) is 2.95.